The lowest BCUT2D eigenvalue weighted by molar-refractivity contribution is -0.142. The molecule has 3 nitrogen and oxygen atoms in total. The predicted molar refractivity (Wildman–Crippen MR) is 79.5 cm³/mol. The van der Waals surface area contributed by atoms with E-state index in [9.17, 15) is 4.79 Å². The molecule has 1 fully saturated rings. The molecule has 104 valence electrons. The van der Waals surface area contributed by atoms with Gasteiger partial charge in [-0.1, -0.05) is 42.5 Å². The third-order valence-electron chi connectivity index (χ3n) is 3.91. The summed E-state index contributed by atoms with van der Waals surface area (Å²) in [7, 11) is 0. The molecule has 0 radical (unpaired) electrons. The summed E-state index contributed by atoms with van der Waals surface area (Å²) < 4.78 is 5.20. The molecular formula is C17H19NO2. The Balaban J connectivity index is 1.86. The maximum atomic E-state index is 11.7. The lowest BCUT2D eigenvalue weighted by Crippen LogP contribution is -2.35. The van der Waals surface area contributed by atoms with Crippen LogP contribution >= 0.6 is 0 Å². The third kappa shape index (κ3) is 2.41. The van der Waals surface area contributed by atoms with E-state index >= 15 is 0 Å². The molecule has 20 heavy (non-hydrogen) atoms. The fourth-order valence-corrected chi connectivity index (χ4v) is 2.91. The Hall–Kier alpha value is -1.87. The summed E-state index contributed by atoms with van der Waals surface area (Å²) in [6, 6.07) is 14.5. The van der Waals surface area contributed by atoms with Gasteiger partial charge < -0.3 is 4.74 Å². The molecule has 0 spiro atoms. The maximum Gasteiger partial charge on any atom is 0.323 e. The lowest BCUT2D eigenvalue weighted by atomic mass is 9.99. The van der Waals surface area contributed by atoms with Gasteiger partial charge in [0.2, 0.25) is 0 Å². The Morgan fingerprint density at radius 2 is 1.95 bits per heavy atom. The molecule has 0 bridgehead atoms. The SMILES string of the molecule is C[C@@H]1C[C@H](N[C@H](C)c2cccc3ccccc23)C(=O)O1. The zero-order valence-corrected chi connectivity index (χ0v) is 11.8. The van der Waals surface area contributed by atoms with Crippen molar-refractivity contribution in [2.75, 3.05) is 0 Å². The Bertz CT molecular complexity index is 632. The summed E-state index contributed by atoms with van der Waals surface area (Å²) in [4.78, 5) is 11.7. The zero-order valence-electron chi connectivity index (χ0n) is 11.8. The first-order valence-corrected chi connectivity index (χ1v) is 7.09. The molecule has 3 rings (SSSR count). The maximum absolute atomic E-state index is 11.7. The molecule has 1 N–H and O–H groups in total. The topological polar surface area (TPSA) is 38.3 Å². The highest BCUT2D eigenvalue weighted by Gasteiger charge is 2.32. The number of hydrogen-bond donors (Lipinski definition) is 1. The van der Waals surface area contributed by atoms with Crippen LogP contribution in [0.2, 0.25) is 0 Å². The van der Waals surface area contributed by atoms with Crippen LogP contribution in [0.4, 0.5) is 0 Å². The molecule has 0 aliphatic carbocycles. The second-order valence-corrected chi connectivity index (χ2v) is 5.49. The van der Waals surface area contributed by atoms with Crippen LogP contribution in [0.3, 0.4) is 0 Å². The fourth-order valence-electron chi connectivity index (χ4n) is 2.91. The summed E-state index contributed by atoms with van der Waals surface area (Å²) >= 11 is 0. The quantitative estimate of drug-likeness (QED) is 0.870. The first-order valence-electron chi connectivity index (χ1n) is 7.09. The second kappa shape index (κ2) is 5.25. The fraction of sp³-hybridized carbons (Fsp3) is 0.353. The molecule has 0 amide bonds. The monoisotopic (exact) mass is 269 g/mol. The van der Waals surface area contributed by atoms with Crippen molar-refractivity contribution in [1.82, 2.24) is 5.32 Å². The minimum absolute atomic E-state index is 0.0136. The molecule has 0 unspecified atom stereocenters. The first kappa shape index (κ1) is 13.1. The molecule has 0 aromatic heterocycles. The second-order valence-electron chi connectivity index (χ2n) is 5.49. The average molecular weight is 269 g/mol. The smallest absolute Gasteiger partial charge is 0.323 e. The van der Waals surface area contributed by atoms with Crippen LogP contribution in [0, 0.1) is 0 Å². The van der Waals surface area contributed by atoms with Gasteiger partial charge in [0.25, 0.3) is 0 Å². The molecule has 1 saturated heterocycles. The van der Waals surface area contributed by atoms with E-state index in [1.165, 1.54) is 16.3 Å². The van der Waals surface area contributed by atoms with Crippen LogP contribution in [0.25, 0.3) is 10.8 Å². The first-order chi connectivity index (χ1) is 9.65. The molecule has 3 atom stereocenters. The Morgan fingerprint density at radius 3 is 2.70 bits per heavy atom. The van der Waals surface area contributed by atoms with Gasteiger partial charge in [-0.15, -0.1) is 0 Å². The van der Waals surface area contributed by atoms with Crippen LogP contribution in [-0.4, -0.2) is 18.1 Å². The van der Waals surface area contributed by atoms with Crippen LogP contribution in [-0.2, 0) is 9.53 Å². The standard InChI is InChI=1S/C17H19NO2/c1-11-10-16(17(19)20-11)18-12(2)14-9-5-7-13-6-3-4-8-15(13)14/h3-9,11-12,16,18H,10H2,1-2H3/t11-,12-,16+/m1/s1. The number of rotatable bonds is 3. The Labute approximate surface area is 118 Å². The highest BCUT2D eigenvalue weighted by Crippen LogP contribution is 2.26. The molecular weight excluding hydrogens is 250 g/mol. The van der Waals surface area contributed by atoms with Gasteiger partial charge in [0, 0.05) is 12.5 Å². The largest absolute Gasteiger partial charge is 0.461 e. The number of carbonyl (C=O) groups is 1. The highest BCUT2D eigenvalue weighted by molar-refractivity contribution is 5.86. The molecule has 1 heterocycles. The van der Waals surface area contributed by atoms with E-state index in [-0.39, 0.29) is 24.2 Å². The molecule has 2 aromatic rings. The lowest BCUT2D eigenvalue weighted by Gasteiger charge is -2.19. The van der Waals surface area contributed by atoms with E-state index in [4.69, 9.17) is 4.74 Å². The van der Waals surface area contributed by atoms with Gasteiger partial charge in [-0.05, 0) is 30.2 Å². The molecule has 0 saturated carbocycles. The molecule has 1 aliphatic heterocycles. The van der Waals surface area contributed by atoms with Crippen LogP contribution in [0.1, 0.15) is 31.9 Å². The van der Waals surface area contributed by atoms with E-state index in [1.807, 2.05) is 19.1 Å². The van der Waals surface area contributed by atoms with Gasteiger partial charge in [-0.25, -0.2) is 0 Å². The normalized spacial score (nSPS) is 23.8. The molecule has 1 aliphatic rings. The third-order valence-corrected chi connectivity index (χ3v) is 3.91. The van der Waals surface area contributed by atoms with E-state index in [1.54, 1.807) is 0 Å². The minimum atomic E-state index is -0.195. The number of nitrogens with one attached hydrogen (secondary N) is 1. The van der Waals surface area contributed by atoms with Gasteiger partial charge in [0.05, 0.1) is 0 Å². The van der Waals surface area contributed by atoms with Crippen molar-refractivity contribution < 1.29 is 9.53 Å². The minimum Gasteiger partial charge on any atom is -0.461 e. The van der Waals surface area contributed by atoms with E-state index in [2.05, 4.69) is 42.6 Å². The van der Waals surface area contributed by atoms with Gasteiger partial charge in [-0.3, -0.25) is 10.1 Å². The number of fused-ring (bicyclic) bond motifs is 1. The number of benzene rings is 2. The average Bonchev–Trinajstić information content (AvgIpc) is 2.76. The van der Waals surface area contributed by atoms with Crippen LogP contribution in [0.15, 0.2) is 42.5 Å². The summed E-state index contributed by atoms with van der Waals surface area (Å²) in [6.07, 6.45) is 0.758. The van der Waals surface area contributed by atoms with E-state index < -0.39 is 0 Å². The summed E-state index contributed by atoms with van der Waals surface area (Å²) in [5.41, 5.74) is 1.22. The van der Waals surface area contributed by atoms with Crippen molar-refractivity contribution in [2.45, 2.75) is 38.5 Å². The number of cyclic esters (lactones) is 1. The van der Waals surface area contributed by atoms with Crippen LogP contribution in [0.5, 0.6) is 0 Å². The predicted octanol–water partition coefficient (Wildman–Crippen LogP) is 3.19. The van der Waals surface area contributed by atoms with Crippen molar-refractivity contribution in [3.8, 4) is 0 Å². The van der Waals surface area contributed by atoms with E-state index in [0.717, 1.165) is 6.42 Å². The van der Waals surface area contributed by atoms with Crippen molar-refractivity contribution in [1.29, 1.82) is 0 Å². The molecule has 2 aromatic carbocycles. The van der Waals surface area contributed by atoms with Crippen LogP contribution < -0.4 is 5.32 Å². The highest BCUT2D eigenvalue weighted by atomic mass is 16.6. The van der Waals surface area contributed by atoms with Gasteiger partial charge in [-0.2, -0.15) is 0 Å². The Morgan fingerprint density at radius 1 is 1.20 bits per heavy atom. The van der Waals surface area contributed by atoms with Crippen molar-refractivity contribution in [3.63, 3.8) is 0 Å². The Kier molecular flexibility index (Phi) is 3.45. The van der Waals surface area contributed by atoms with Crippen molar-refractivity contribution >= 4 is 16.7 Å². The van der Waals surface area contributed by atoms with Gasteiger partial charge in [0.15, 0.2) is 0 Å². The van der Waals surface area contributed by atoms with Crippen molar-refractivity contribution in [3.05, 3.63) is 48.0 Å². The molecule has 3 heteroatoms. The van der Waals surface area contributed by atoms with Crippen molar-refractivity contribution in [2.24, 2.45) is 0 Å². The zero-order chi connectivity index (χ0) is 14.1. The van der Waals surface area contributed by atoms with Gasteiger partial charge >= 0.3 is 5.97 Å². The summed E-state index contributed by atoms with van der Waals surface area (Å²) in [6.45, 7) is 4.03. The van der Waals surface area contributed by atoms with E-state index in [0.29, 0.717) is 0 Å². The number of carbonyl (C=O) groups excluding carboxylic acids is 1. The summed E-state index contributed by atoms with van der Waals surface area (Å²) in [5.74, 6) is -0.135. The number of hydrogen-bond acceptors (Lipinski definition) is 3. The number of esters is 1. The summed E-state index contributed by atoms with van der Waals surface area (Å²) in [5, 5.41) is 5.85. The number of ether oxygens (including phenoxy) is 1. The van der Waals surface area contributed by atoms with Gasteiger partial charge in [0.1, 0.15) is 12.1 Å².